The first-order valence-electron chi connectivity index (χ1n) is 6.71. The van der Waals surface area contributed by atoms with Gasteiger partial charge in [-0.2, -0.15) is 0 Å². The van der Waals surface area contributed by atoms with Crippen LogP contribution in [0.2, 0.25) is 0 Å². The summed E-state index contributed by atoms with van der Waals surface area (Å²) in [6.45, 7) is 4.38. The van der Waals surface area contributed by atoms with E-state index in [4.69, 9.17) is 21.1 Å². The van der Waals surface area contributed by atoms with Crippen molar-refractivity contribution in [2.75, 3.05) is 7.11 Å². The highest BCUT2D eigenvalue weighted by molar-refractivity contribution is 9.10. The number of alkyl halides is 1. The highest BCUT2D eigenvalue weighted by Gasteiger charge is 2.53. The summed E-state index contributed by atoms with van der Waals surface area (Å²) in [5.41, 5.74) is 0.112. The van der Waals surface area contributed by atoms with E-state index in [9.17, 15) is 0 Å². The summed E-state index contributed by atoms with van der Waals surface area (Å²) >= 11 is 9.94. The molecule has 0 heterocycles. The second-order valence-corrected chi connectivity index (χ2v) is 6.43. The maximum atomic E-state index is 6.41. The third-order valence-electron chi connectivity index (χ3n) is 4.41. The first kappa shape index (κ1) is 15.0. The fraction of sp³-hybridized carbons (Fsp3) is 0.600. The molecule has 0 N–H and O–H groups in total. The molecule has 106 valence electrons. The van der Waals surface area contributed by atoms with Crippen molar-refractivity contribution in [3.05, 3.63) is 22.7 Å². The Morgan fingerprint density at radius 1 is 1.37 bits per heavy atom. The number of ether oxygens (including phenoxy) is 2. The number of rotatable bonds is 5. The molecule has 1 aliphatic rings. The minimum absolute atomic E-state index is 0.112. The zero-order valence-electron chi connectivity index (χ0n) is 11.6. The quantitative estimate of drug-likeness (QED) is 0.696. The number of methoxy groups -OCH3 is 1. The number of halogens is 2. The summed E-state index contributed by atoms with van der Waals surface area (Å²) in [6, 6.07) is 5.78. The smallest absolute Gasteiger partial charge is 0.134 e. The standard InChI is InChI=1S/C15H20BrClO2/c1-4-15(5-2)13(17)9-14(15)19-12-7-6-10(18-3)8-11(12)16/h6-8,13-14H,4-5,9H2,1-3H3. The lowest BCUT2D eigenvalue weighted by molar-refractivity contribution is -0.0466. The van der Waals surface area contributed by atoms with E-state index < -0.39 is 0 Å². The van der Waals surface area contributed by atoms with Crippen LogP contribution in [-0.2, 0) is 0 Å². The Balaban J connectivity index is 2.14. The van der Waals surface area contributed by atoms with Crippen LogP contribution in [-0.4, -0.2) is 18.6 Å². The van der Waals surface area contributed by atoms with Gasteiger partial charge in [-0.05, 0) is 47.0 Å². The summed E-state index contributed by atoms with van der Waals surface area (Å²) in [4.78, 5) is 0. The Labute approximate surface area is 128 Å². The van der Waals surface area contributed by atoms with E-state index >= 15 is 0 Å². The van der Waals surface area contributed by atoms with Gasteiger partial charge in [0.15, 0.2) is 0 Å². The summed E-state index contributed by atoms with van der Waals surface area (Å²) in [5, 5.41) is 0.226. The van der Waals surface area contributed by atoms with Crippen molar-refractivity contribution < 1.29 is 9.47 Å². The maximum absolute atomic E-state index is 6.41. The predicted octanol–water partition coefficient (Wildman–Crippen LogP) is 5.02. The van der Waals surface area contributed by atoms with Gasteiger partial charge in [0.25, 0.3) is 0 Å². The van der Waals surface area contributed by atoms with Gasteiger partial charge in [-0.1, -0.05) is 13.8 Å². The van der Waals surface area contributed by atoms with Crippen LogP contribution in [0.25, 0.3) is 0 Å². The van der Waals surface area contributed by atoms with Crippen LogP contribution in [0.4, 0.5) is 0 Å². The molecule has 4 heteroatoms. The predicted molar refractivity (Wildman–Crippen MR) is 82.4 cm³/mol. The lowest BCUT2D eigenvalue weighted by Crippen LogP contribution is -2.56. The second kappa shape index (κ2) is 5.92. The van der Waals surface area contributed by atoms with Crippen LogP contribution in [0.5, 0.6) is 11.5 Å². The molecule has 0 amide bonds. The molecule has 0 aliphatic heterocycles. The van der Waals surface area contributed by atoms with Gasteiger partial charge in [-0.3, -0.25) is 0 Å². The van der Waals surface area contributed by atoms with E-state index in [1.807, 2.05) is 18.2 Å². The van der Waals surface area contributed by atoms with Crippen molar-refractivity contribution in [3.8, 4) is 11.5 Å². The first-order chi connectivity index (χ1) is 9.07. The second-order valence-electron chi connectivity index (χ2n) is 5.05. The molecule has 19 heavy (non-hydrogen) atoms. The third-order valence-corrected chi connectivity index (χ3v) is 5.64. The Morgan fingerprint density at radius 2 is 2.05 bits per heavy atom. The van der Waals surface area contributed by atoms with Crippen molar-refractivity contribution in [2.24, 2.45) is 5.41 Å². The van der Waals surface area contributed by atoms with Crippen LogP contribution in [0.15, 0.2) is 22.7 Å². The van der Waals surface area contributed by atoms with Crippen molar-refractivity contribution in [2.45, 2.75) is 44.6 Å². The van der Waals surface area contributed by atoms with Gasteiger partial charge in [0.2, 0.25) is 0 Å². The van der Waals surface area contributed by atoms with Crippen molar-refractivity contribution >= 4 is 27.5 Å². The Hall–Kier alpha value is -0.410. The third kappa shape index (κ3) is 2.59. The normalized spacial score (nSPS) is 24.7. The molecule has 0 radical (unpaired) electrons. The average molecular weight is 348 g/mol. The molecule has 2 nitrogen and oxygen atoms in total. The van der Waals surface area contributed by atoms with E-state index in [1.54, 1.807) is 7.11 Å². The Kier molecular flexibility index (Phi) is 4.67. The molecule has 1 fully saturated rings. The molecule has 2 rings (SSSR count). The van der Waals surface area contributed by atoms with Crippen molar-refractivity contribution in [3.63, 3.8) is 0 Å². The van der Waals surface area contributed by atoms with Crippen LogP contribution in [0, 0.1) is 5.41 Å². The highest BCUT2D eigenvalue weighted by atomic mass is 79.9. The monoisotopic (exact) mass is 346 g/mol. The van der Waals surface area contributed by atoms with E-state index in [0.717, 1.165) is 35.2 Å². The van der Waals surface area contributed by atoms with Crippen LogP contribution < -0.4 is 9.47 Å². The molecule has 2 unspecified atom stereocenters. The average Bonchev–Trinajstić information content (AvgIpc) is 2.41. The van der Waals surface area contributed by atoms with Gasteiger partial charge >= 0.3 is 0 Å². The molecule has 1 aromatic rings. The summed E-state index contributed by atoms with van der Waals surface area (Å²) in [7, 11) is 1.66. The van der Waals surface area contributed by atoms with Gasteiger partial charge in [0.1, 0.15) is 17.6 Å². The summed E-state index contributed by atoms with van der Waals surface area (Å²) in [5.74, 6) is 1.68. The largest absolute Gasteiger partial charge is 0.497 e. The molecule has 0 bridgehead atoms. The number of hydrogen-bond acceptors (Lipinski definition) is 2. The minimum Gasteiger partial charge on any atom is -0.497 e. The Bertz CT molecular complexity index is 446. The van der Waals surface area contributed by atoms with Gasteiger partial charge in [0.05, 0.1) is 11.6 Å². The highest BCUT2D eigenvalue weighted by Crippen LogP contribution is 2.52. The molecule has 1 aromatic carbocycles. The first-order valence-corrected chi connectivity index (χ1v) is 7.94. The number of benzene rings is 1. The zero-order valence-corrected chi connectivity index (χ0v) is 13.9. The maximum Gasteiger partial charge on any atom is 0.134 e. The lowest BCUT2D eigenvalue weighted by Gasteiger charge is -2.52. The minimum atomic E-state index is 0.112. The van der Waals surface area contributed by atoms with E-state index in [-0.39, 0.29) is 16.9 Å². The Morgan fingerprint density at radius 3 is 2.53 bits per heavy atom. The van der Waals surface area contributed by atoms with Crippen LogP contribution in [0.1, 0.15) is 33.1 Å². The molecule has 0 spiro atoms. The van der Waals surface area contributed by atoms with Gasteiger partial charge < -0.3 is 9.47 Å². The van der Waals surface area contributed by atoms with E-state index in [1.165, 1.54) is 0 Å². The van der Waals surface area contributed by atoms with E-state index in [0.29, 0.717) is 0 Å². The topological polar surface area (TPSA) is 18.5 Å². The van der Waals surface area contributed by atoms with Crippen molar-refractivity contribution in [1.82, 2.24) is 0 Å². The lowest BCUT2D eigenvalue weighted by atomic mass is 9.62. The molecule has 1 saturated carbocycles. The molecule has 0 aromatic heterocycles. The van der Waals surface area contributed by atoms with Crippen LogP contribution in [0.3, 0.4) is 0 Å². The van der Waals surface area contributed by atoms with Crippen molar-refractivity contribution in [1.29, 1.82) is 0 Å². The number of hydrogen-bond donors (Lipinski definition) is 0. The molecular weight excluding hydrogens is 328 g/mol. The molecular formula is C15H20BrClO2. The zero-order chi connectivity index (χ0) is 14.0. The summed E-state index contributed by atoms with van der Waals surface area (Å²) < 4.78 is 12.3. The van der Waals surface area contributed by atoms with E-state index in [2.05, 4.69) is 29.8 Å². The SMILES string of the molecule is CCC1(CC)C(Cl)CC1Oc1ccc(OC)cc1Br. The fourth-order valence-corrected chi connectivity index (χ4v) is 3.93. The molecule has 0 saturated heterocycles. The van der Waals surface area contributed by atoms with Crippen LogP contribution >= 0.6 is 27.5 Å². The molecule has 1 aliphatic carbocycles. The van der Waals surface area contributed by atoms with Gasteiger partial charge in [0, 0.05) is 17.2 Å². The van der Waals surface area contributed by atoms with Gasteiger partial charge in [-0.15, -0.1) is 11.6 Å². The summed E-state index contributed by atoms with van der Waals surface area (Å²) in [6.07, 6.45) is 3.23. The van der Waals surface area contributed by atoms with Gasteiger partial charge in [-0.25, -0.2) is 0 Å². The fourth-order valence-electron chi connectivity index (χ4n) is 2.87. The molecule has 2 atom stereocenters.